The fourth-order valence-corrected chi connectivity index (χ4v) is 2.53. The van der Waals surface area contributed by atoms with Gasteiger partial charge in [-0.05, 0) is 54.1 Å². The van der Waals surface area contributed by atoms with Crippen molar-refractivity contribution < 1.29 is 19.2 Å². The van der Waals surface area contributed by atoms with Crippen LogP contribution in [0.5, 0.6) is 11.5 Å². The Kier molecular flexibility index (Phi) is 6.29. The summed E-state index contributed by atoms with van der Waals surface area (Å²) in [5.41, 5.74) is 1.36. The number of allylic oxidation sites excluding steroid dienone is 1. The molecular weight excluding hydrogens is 386 g/mol. The molecule has 0 fully saturated rings. The molecule has 0 spiro atoms. The third-order valence-corrected chi connectivity index (χ3v) is 4.10. The van der Waals surface area contributed by atoms with Crippen LogP contribution in [0.1, 0.15) is 26.4 Å². The minimum atomic E-state index is -0.479. The molecule has 1 heterocycles. The van der Waals surface area contributed by atoms with Crippen molar-refractivity contribution in [1.82, 2.24) is 10.3 Å². The van der Waals surface area contributed by atoms with Crippen LogP contribution in [0.3, 0.4) is 0 Å². The third-order valence-electron chi connectivity index (χ3n) is 4.10. The monoisotopic (exact) mass is 403 g/mol. The summed E-state index contributed by atoms with van der Waals surface area (Å²) in [7, 11) is 1.52. The van der Waals surface area contributed by atoms with Gasteiger partial charge in [0.05, 0.1) is 4.92 Å². The van der Waals surface area contributed by atoms with Crippen LogP contribution in [-0.4, -0.2) is 28.6 Å². The van der Waals surface area contributed by atoms with E-state index in [0.717, 1.165) is 0 Å². The molecule has 0 saturated heterocycles. The number of ketones is 1. The van der Waals surface area contributed by atoms with Gasteiger partial charge >= 0.3 is 0 Å². The number of carbonyl (C=O) groups is 2. The van der Waals surface area contributed by atoms with E-state index in [9.17, 15) is 19.7 Å². The fraction of sp³-hybridized carbons (Fsp3) is 0.0455. The lowest BCUT2D eigenvalue weighted by molar-refractivity contribution is -0.384. The van der Waals surface area contributed by atoms with E-state index < -0.39 is 4.92 Å². The van der Waals surface area contributed by atoms with Crippen LogP contribution in [-0.2, 0) is 0 Å². The number of non-ortho nitro benzene ring substituents is 1. The van der Waals surface area contributed by atoms with Crippen LogP contribution >= 0.6 is 0 Å². The third kappa shape index (κ3) is 5.14. The average Bonchev–Trinajstić information content (AvgIpc) is 2.78. The molecule has 3 aromatic rings. The van der Waals surface area contributed by atoms with Gasteiger partial charge in [0.15, 0.2) is 5.78 Å². The molecule has 2 aromatic carbocycles. The molecule has 3 rings (SSSR count). The first kappa shape index (κ1) is 20.4. The van der Waals surface area contributed by atoms with E-state index in [-0.39, 0.29) is 23.1 Å². The molecule has 0 atom stereocenters. The summed E-state index contributed by atoms with van der Waals surface area (Å²) in [6, 6.07) is 15.6. The number of benzene rings is 2. The van der Waals surface area contributed by atoms with E-state index in [4.69, 9.17) is 4.74 Å². The Morgan fingerprint density at radius 2 is 1.73 bits per heavy atom. The van der Waals surface area contributed by atoms with Crippen molar-refractivity contribution in [3.8, 4) is 11.5 Å². The number of hydrogen-bond acceptors (Lipinski definition) is 6. The Bertz CT molecular complexity index is 1110. The summed E-state index contributed by atoms with van der Waals surface area (Å²) in [6.45, 7) is 0. The van der Waals surface area contributed by atoms with E-state index in [1.807, 2.05) is 0 Å². The molecule has 0 aliphatic carbocycles. The molecule has 8 nitrogen and oxygen atoms in total. The molecule has 1 amide bonds. The van der Waals surface area contributed by atoms with E-state index in [2.05, 4.69) is 10.3 Å². The van der Waals surface area contributed by atoms with Gasteiger partial charge in [0.2, 0.25) is 0 Å². The Labute approximate surface area is 172 Å². The fourth-order valence-electron chi connectivity index (χ4n) is 2.53. The number of hydrogen-bond donors (Lipinski definition) is 1. The molecule has 0 radical (unpaired) electrons. The van der Waals surface area contributed by atoms with Crippen molar-refractivity contribution in [2.24, 2.45) is 0 Å². The minimum Gasteiger partial charge on any atom is -0.457 e. The van der Waals surface area contributed by atoms with Crippen molar-refractivity contribution >= 4 is 23.5 Å². The van der Waals surface area contributed by atoms with Crippen molar-refractivity contribution in [1.29, 1.82) is 0 Å². The number of rotatable bonds is 7. The maximum Gasteiger partial charge on any atom is 0.269 e. The van der Waals surface area contributed by atoms with E-state index >= 15 is 0 Å². The molecule has 150 valence electrons. The van der Waals surface area contributed by atoms with Gasteiger partial charge in [-0.1, -0.05) is 6.08 Å². The lowest BCUT2D eigenvalue weighted by Gasteiger charge is -2.07. The van der Waals surface area contributed by atoms with Gasteiger partial charge < -0.3 is 10.1 Å². The number of carbonyl (C=O) groups excluding carboxylic acids is 2. The molecule has 0 aliphatic heterocycles. The zero-order valence-electron chi connectivity index (χ0n) is 15.9. The average molecular weight is 403 g/mol. The van der Waals surface area contributed by atoms with E-state index in [1.165, 1.54) is 37.5 Å². The highest BCUT2D eigenvalue weighted by molar-refractivity contribution is 6.06. The number of nitro groups is 1. The van der Waals surface area contributed by atoms with Crippen molar-refractivity contribution in [2.75, 3.05) is 7.05 Å². The quantitative estimate of drug-likeness (QED) is 0.276. The predicted octanol–water partition coefficient (Wildman–Crippen LogP) is 4.04. The summed E-state index contributed by atoms with van der Waals surface area (Å²) in [5, 5.41) is 13.2. The summed E-state index contributed by atoms with van der Waals surface area (Å²) in [4.78, 5) is 38.1. The summed E-state index contributed by atoms with van der Waals surface area (Å²) >= 11 is 0. The van der Waals surface area contributed by atoms with Gasteiger partial charge in [-0.15, -0.1) is 0 Å². The second-order valence-electron chi connectivity index (χ2n) is 6.13. The van der Waals surface area contributed by atoms with Gasteiger partial charge in [0, 0.05) is 37.0 Å². The van der Waals surface area contributed by atoms with Gasteiger partial charge in [-0.25, -0.2) is 0 Å². The van der Waals surface area contributed by atoms with Crippen LogP contribution in [0.15, 0.2) is 72.9 Å². The Balaban J connectivity index is 1.65. The summed E-state index contributed by atoms with van der Waals surface area (Å²) in [6.07, 6.45) is 4.46. The Hall–Kier alpha value is -4.33. The highest BCUT2D eigenvalue weighted by Gasteiger charge is 2.08. The van der Waals surface area contributed by atoms with Crippen LogP contribution in [0.25, 0.3) is 6.08 Å². The van der Waals surface area contributed by atoms with E-state index in [0.29, 0.717) is 22.6 Å². The second kappa shape index (κ2) is 9.24. The summed E-state index contributed by atoms with van der Waals surface area (Å²) < 4.78 is 5.70. The maximum absolute atomic E-state index is 12.3. The number of nitrogens with one attached hydrogen (secondary N) is 1. The number of ether oxygens (including phenoxy) is 1. The van der Waals surface area contributed by atoms with Crippen LogP contribution in [0, 0.1) is 10.1 Å². The van der Waals surface area contributed by atoms with Crippen molar-refractivity contribution in [2.45, 2.75) is 0 Å². The molecular formula is C22H17N3O5. The highest BCUT2D eigenvalue weighted by Crippen LogP contribution is 2.22. The molecule has 0 bridgehead atoms. The normalized spacial score (nSPS) is 10.6. The maximum atomic E-state index is 12.3. The van der Waals surface area contributed by atoms with Gasteiger partial charge in [-0.2, -0.15) is 0 Å². The van der Waals surface area contributed by atoms with Crippen molar-refractivity contribution in [3.05, 3.63) is 99.9 Å². The number of nitro benzene ring substituents is 1. The van der Waals surface area contributed by atoms with Crippen molar-refractivity contribution in [3.63, 3.8) is 0 Å². The Morgan fingerprint density at radius 3 is 2.37 bits per heavy atom. The molecule has 0 aliphatic rings. The lowest BCUT2D eigenvalue weighted by Crippen LogP contribution is -2.18. The molecule has 0 saturated carbocycles. The largest absolute Gasteiger partial charge is 0.457 e. The number of nitrogens with zero attached hydrogens (tertiary/aromatic N) is 2. The minimum absolute atomic E-state index is 0.00861. The number of aromatic nitrogens is 1. The first-order valence-electron chi connectivity index (χ1n) is 8.89. The smallest absolute Gasteiger partial charge is 0.269 e. The van der Waals surface area contributed by atoms with E-state index in [1.54, 1.807) is 48.5 Å². The second-order valence-corrected chi connectivity index (χ2v) is 6.13. The van der Waals surface area contributed by atoms with Gasteiger partial charge in [0.1, 0.15) is 17.2 Å². The Morgan fingerprint density at radius 1 is 1.03 bits per heavy atom. The molecule has 1 aromatic heterocycles. The zero-order chi connectivity index (χ0) is 21.5. The zero-order valence-corrected chi connectivity index (χ0v) is 15.9. The topological polar surface area (TPSA) is 111 Å². The van der Waals surface area contributed by atoms with Crippen LogP contribution in [0.4, 0.5) is 5.69 Å². The van der Waals surface area contributed by atoms with Gasteiger partial charge in [0.25, 0.3) is 11.6 Å². The molecule has 0 unspecified atom stereocenters. The molecule has 30 heavy (non-hydrogen) atoms. The molecule has 8 heteroatoms. The first-order chi connectivity index (χ1) is 14.5. The summed E-state index contributed by atoms with van der Waals surface area (Å²) in [5.74, 6) is 0.410. The van der Waals surface area contributed by atoms with Gasteiger partial charge in [-0.3, -0.25) is 24.7 Å². The predicted molar refractivity (Wildman–Crippen MR) is 111 cm³/mol. The SMILES string of the molecule is CNC(=O)c1cc(Oc2ccc(C(=O)/C=C/c3ccc([N+](=O)[O-])cc3)cc2)ccn1. The standard InChI is InChI=1S/C22H17N3O5/c1-23-22(27)20-14-19(12-13-24-20)30-18-9-5-16(6-10-18)21(26)11-4-15-2-7-17(8-3-15)25(28)29/h2-14H,1H3,(H,23,27)/b11-4+. The first-order valence-corrected chi connectivity index (χ1v) is 8.89. The lowest BCUT2D eigenvalue weighted by atomic mass is 10.1. The molecule has 1 N–H and O–H groups in total. The number of amides is 1. The highest BCUT2D eigenvalue weighted by atomic mass is 16.6. The van der Waals surface area contributed by atoms with Crippen LogP contribution in [0.2, 0.25) is 0 Å². The number of pyridine rings is 1. The van der Waals surface area contributed by atoms with Crippen LogP contribution < -0.4 is 10.1 Å².